The molecule has 2 nitrogen and oxygen atoms in total. The minimum absolute atomic E-state index is 0.111. The summed E-state index contributed by atoms with van der Waals surface area (Å²) in [4.78, 5) is 5.48. The highest BCUT2D eigenvalue weighted by Gasteiger charge is 2.62. The maximum Gasteiger partial charge on any atom is 0.0669 e. The Labute approximate surface area is 134 Å². The normalized spacial score (nSPS) is 48.6. The number of hydrogen-bond acceptors (Lipinski definition) is 2. The molecule has 22 heavy (non-hydrogen) atoms. The van der Waals surface area contributed by atoms with Crippen molar-refractivity contribution in [2.45, 2.75) is 71.3 Å². The summed E-state index contributed by atoms with van der Waals surface area (Å²) in [5, 5.41) is 9.68. The fourth-order valence-electron chi connectivity index (χ4n) is 6.07. The molecule has 1 spiro atoms. The Kier molecular flexibility index (Phi) is 2.94. The highest BCUT2D eigenvalue weighted by Crippen LogP contribution is 2.62. The Balaban J connectivity index is 1.88. The van der Waals surface area contributed by atoms with Gasteiger partial charge in [-0.05, 0) is 44.4 Å². The summed E-state index contributed by atoms with van der Waals surface area (Å²) in [7, 11) is 0. The first-order valence-corrected chi connectivity index (χ1v) is 9.14. The Morgan fingerprint density at radius 3 is 2.64 bits per heavy atom. The molecule has 0 aromatic rings. The minimum atomic E-state index is -0.128. The van der Waals surface area contributed by atoms with Gasteiger partial charge in [0.25, 0.3) is 0 Å². The second-order valence-electron chi connectivity index (χ2n) is 8.80. The molecule has 2 saturated carbocycles. The lowest BCUT2D eigenvalue weighted by Gasteiger charge is -2.61. The van der Waals surface area contributed by atoms with Crippen LogP contribution in [0.4, 0.5) is 0 Å². The third-order valence-electron chi connectivity index (χ3n) is 7.68. The average molecular weight is 296 g/mol. The zero-order valence-electron chi connectivity index (χ0n) is 14.2. The van der Waals surface area contributed by atoms with Crippen LogP contribution in [0.1, 0.15) is 65.7 Å². The summed E-state index contributed by atoms with van der Waals surface area (Å²) in [6.45, 7) is 7.16. The van der Waals surface area contributed by atoms with E-state index in [0.717, 1.165) is 6.42 Å². The van der Waals surface area contributed by atoms with Crippen LogP contribution in [0.15, 0.2) is 17.1 Å². The first-order valence-electron chi connectivity index (χ1n) is 9.14. The van der Waals surface area contributed by atoms with Gasteiger partial charge in [-0.3, -0.25) is 4.99 Å². The molecular formula is C20H28N2. The van der Waals surface area contributed by atoms with Gasteiger partial charge in [-0.15, -0.1) is 0 Å². The van der Waals surface area contributed by atoms with E-state index in [-0.39, 0.29) is 22.3 Å². The standard InChI is InChI=1S/C20H28N2/c1-14-12-20(8-5-4-6-9-20)22-17-18(2)10-7-15(19(14,17)3)11-16(18)13-21/h7,10,14-16H,4-6,8-9,11-12H2,1-3H3/t14-,15+,16+,18-,19-/m0/s1. The van der Waals surface area contributed by atoms with Gasteiger partial charge < -0.3 is 0 Å². The van der Waals surface area contributed by atoms with Gasteiger partial charge in [-0.2, -0.15) is 5.26 Å². The van der Waals surface area contributed by atoms with Crippen molar-refractivity contribution in [2.75, 3.05) is 0 Å². The molecule has 1 aliphatic heterocycles. The van der Waals surface area contributed by atoms with Crippen molar-refractivity contribution in [3.8, 4) is 6.07 Å². The molecule has 118 valence electrons. The van der Waals surface area contributed by atoms with Crippen LogP contribution in [0.25, 0.3) is 0 Å². The van der Waals surface area contributed by atoms with Gasteiger partial charge in [-0.1, -0.05) is 45.3 Å². The topological polar surface area (TPSA) is 36.1 Å². The molecule has 0 amide bonds. The minimum Gasteiger partial charge on any atom is -0.286 e. The monoisotopic (exact) mass is 296 g/mol. The first kappa shape index (κ1) is 14.5. The van der Waals surface area contributed by atoms with Crippen molar-refractivity contribution in [3.05, 3.63) is 12.2 Å². The van der Waals surface area contributed by atoms with E-state index in [9.17, 15) is 5.26 Å². The van der Waals surface area contributed by atoms with Crippen LogP contribution < -0.4 is 0 Å². The van der Waals surface area contributed by atoms with E-state index in [2.05, 4.69) is 39.0 Å². The predicted molar refractivity (Wildman–Crippen MR) is 89.6 cm³/mol. The number of aliphatic imine (C=N–C) groups is 1. The SMILES string of the molecule is C[C@H]1CC2(CCCCC2)N=C2[C@]1(C)[C@@H]1C=C[C@@]2(C)[C@@H](C#N)C1. The van der Waals surface area contributed by atoms with E-state index in [1.807, 2.05) is 0 Å². The van der Waals surface area contributed by atoms with Gasteiger partial charge in [-0.25, -0.2) is 0 Å². The van der Waals surface area contributed by atoms with Crippen molar-refractivity contribution in [1.29, 1.82) is 5.26 Å². The number of allylic oxidation sites excluding steroid dienone is 2. The molecule has 5 rings (SSSR count). The van der Waals surface area contributed by atoms with Crippen molar-refractivity contribution in [2.24, 2.45) is 33.6 Å². The molecular weight excluding hydrogens is 268 g/mol. The fraction of sp³-hybridized carbons (Fsp3) is 0.800. The van der Waals surface area contributed by atoms with E-state index in [4.69, 9.17) is 4.99 Å². The lowest BCUT2D eigenvalue weighted by Crippen LogP contribution is -2.62. The molecule has 0 aromatic heterocycles. The molecule has 5 atom stereocenters. The van der Waals surface area contributed by atoms with Crippen molar-refractivity contribution in [3.63, 3.8) is 0 Å². The summed E-state index contributed by atoms with van der Waals surface area (Å²) >= 11 is 0. The molecule has 0 saturated heterocycles. The molecule has 0 radical (unpaired) electrons. The molecule has 4 aliphatic carbocycles. The van der Waals surface area contributed by atoms with Gasteiger partial charge in [0.2, 0.25) is 0 Å². The zero-order valence-corrected chi connectivity index (χ0v) is 14.2. The summed E-state index contributed by atoms with van der Waals surface area (Å²) in [6, 6.07) is 2.60. The van der Waals surface area contributed by atoms with E-state index in [1.165, 1.54) is 44.2 Å². The van der Waals surface area contributed by atoms with Crippen LogP contribution >= 0.6 is 0 Å². The van der Waals surface area contributed by atoms with Crippen LogP contribution in [0, 0.1) is 39.9 Å². The van der Waals surface area contributed by atoms with E-state index in [1.54, 1.807) is 0 Å². The van der Waals surface area contributed by atoms with Crippen molar-refractivity contribution >= 4 is 5.71 Å². The van der Waals surface area contributed by atoms with Crippen LogP contribution in [0.2, 0.25) is 0 Å². The summed E-state index contributed by atoms with van der Waals surface area (Å²) in [5.41, 5.74) is 1.63. The van der Waals surface area contributed by atoms with Crippen LogP contribution in [0.5, 0.6) is 0 Å². The van der Waals surface area contributed by atoms with Gasteiger partial charge in [0.05, 0.1) is 17.5 Å². The Hall–Kier alpha value is -1.10. The Morgan fingerprint density at radius 1 is 1.23 bits per heavy atom. The van der Waals surface area contributed by atoms with Gasteiger partial charge in [0.15, 0.2) is 0 Å². The number of nitriles is 1. The predicted octanol–water partition coefficient (Wildman–Crippen LogP) is 4.91. The summed E-state index contributed by atoms with van der Waals surface area (Å²) < 4.78 is 0. The number of nitrogens with zero attached hydrogens (tertiary/aromatic N) is 2. The Morgan fingerprint density at radius 2 is 1.95 bits per heavy atom. The fourth-order valence-corrected chi connectivity index (χ4v) is 6.07. The number of hydrogen-bond donors (Lipinski definition) is 0. The first-order chi connectivity index (χ1) is 10.4. The highest BCUT2D eigenvalue weighted by atomic mass is 14.9. The van der Waals surface area contributed by atoms with Crippen LogP contribution in [-0.4, -0.2) is 11.3 Å². The maximum absolute atomic E-state index is 9.68. The van der Waals surface area contributed by atoms with E-state index >= 15 is 0 Å². The second-order valence-corrected chi connectivity index (χ2v) is 8.80. The molecule has 1 heterocycles. The van der Waals surface area contributed by atoms with Gasteiger partial charge in [0.1, 0.15) is 0 Å². The second kappa shape index (κ2) is 4.47. The van der Waals surface area contributed by atoms with Gasteiger partial charge >= 0.3 is 0 Å². The smallest absolute Gasteiger partial charge is 0.0669 e. The van der Waals surface area contributed by atoms with E-state index < -0.39 is 0 Å². The average Bonchev–Trinajstić information content (AvgIpc) is 2.51. The molecule has 5 aliphatic rings. The summed E-state index contributed by atoms with van der Waals surface area (Å²) in [5.74, 6) is 1.29. The lowest BCUT2D eigenvalue weighted by atomic mass is 9.44. The number of fused-ring (bicyclic) bond motifs is 1. The van der Waals surface area contributed by atoms with Crippen molar-refractivity contribution in [1.82, 2.24) is 0 Å². The largest absolute Gasteiger partial charge is 0.286 e. The molecule has 2 bridgehead atoms. The molecule has 0 N–H and O–H groups in total. The van der Waals surface area contributed by atoms with Crippen LogP contribution in [-0.2, 0) is 0 Å². The molecule has 2 fully saturated rings. The molecule has 0 unspecified atom stereocenters. The third-order valence-corrected chi connectivity index (χ3v) is 7.68. The third kappa shape index (κ3) is 1.63. The molecule has 0 aromatic carbocycles. The summed E-state index contributed by atoms with van der Waals surface area (Å²) in [6.07, 6.45) is 13.6. The van der Waals surface area contributed by atoms with Crippen LogP contribution in [0.3, 0.4) is 0 Å². The maximum atomic E-state index is 9.68. The molecule has 2 heteroatoms. The lowest BCUT2D eigenvalue weighted by molar-refractivity contribution is 0.0725. The quantitative estimate of drug-likeness (QED) is 0.585. The van der Waals surface area contributed by atoms with Gasteiger partial charge in [0, 0.05) is 16.5 Å². The number of rotatable bonds is 0. The Bertz CT molecular complexity index is 589. The van der Waals surface area contributed by atoms with Crippen molar-refractivity contribution < 1.29 is 0 Å². The highest BCUT2D eigenvalue weighted by molar-refractivity contribution is 6.00. The van der Waals surface area contributed by atoms with E-state index in [0.29, 0.717) is 11.8 Å². The zero-order chi connectivity index (χ0) is 15.6.